The Morgan fingerprint density at radius 2 is 1.56 bits per heavy atom. The summed E-state index contributed by atoms with van der Waals surface area (Å²) < 4.78 is 0. The third-order valence-corrected chi connectivity index (χ3v) is 5.72. The molecule has 0 aromatic rings. The zero-order valence-corrected chi connectivity index (χ0v) is 12.8. The van der Waals surface area contributed by atoms with Crippen molar-refractivity contribution < 1.29 is 0 Å². The maximum absolute atomic E-state index is 6.82. The van der Waals surface area contributed by atoms with Gasteiger partial charge in [-0.2, -0.15) is 0 Å². The van der Waals surface area contributed by atoms with E-state index >= 15 is 0 Å². The molecule has 106 valence electrons. The van der Waals surface area contributed by atoms with E-state index in [0.29, 0.717) is 0 Å². The normalized spacial score (nSPS) is 46.0. The quantitative estimate of drug-likeness (QED) is 0.770. The first-order valence-electron chi connectivity index (χ1n) is 8.32. The molecule has 1 heteroatoms. The molecule has 0 heterocycles. The van der Waals surface area contributed by atoms with Crippen molar-refractivity contribution >= 4 is 0 Å². The molecule has 0 spiro atoms. The lowest BCUT2D eigenvalue weighted by Crippen LogP contribution is -2.51. The summed E-state index contributed by atoms with van der Waals surface area (Å²) in [5.41, 5.74) is 7.00. The van der Waals surface area contributed by atoms with Crippen molar-refractivity contribution in [2.45, 2.75) is 84.1 Å². The molecule has 18 heavy (non-hydrogen) atoms. The molecule has 0 bridgehead atoms. The maximum atomic E-state index is 6.82. The first-order chi connectivity index (χ1) is 8.53. The van der Waals surface area contributed by atoms with Crippen LogP contribution in [-0.4, -0.2) is 5.54 Å². The first-order valence-corrected chi connectivity index (χ1v) is 8.32. The summed E-state index contributed by atoms with van der Waals surface area (Å²) >= 11 is 0. The lowest BCUT2D eigenvalue weighted by atomic mass is 9.62. The van der Waals surface area contributed by atoms with Gasteiger partial charge in [0.15, 0.2) is 0 Å². The van der Waals surface area contributed by atoms with Crippen molar-refractivity contribution in [1.29, 1.82) is 0 Å². The van der Waals surface area contributed by atoms with Gasteiger partial charge in [-0.25, -0.2) is 0 Å². The summed E-state index contributed by atoms with van der Waals surface area (Å²) in [7, 11) is 0. The van der Waals surface area contributed by atoms with Gasteiger partial charge in [0.2, 0.25) is 0 Å². The number of hydrogen-bond donors (Lipinski definition) is 1. The molecule has 2 rings (SSSR count). The summed E-state index contributed by atoms with van der Waals surface area (Å²) in [6.45, 7) is 7.16. The molecule has 2 N–H and O–H groups in total. The highest BCUT2D eigenvalue weighted by Crippen LogP contribution is 2.45. The average molecular weight is 251 g/mol. The van der Waals surface area contributed by atoms with Gasteiger partial charge in [-0.15, -0.1) is 0 Å². The second-order valence-electron chi connectivity index (χ2n) is 7.58. The minimum absolute atomic E-state index is 0.188. The zero-order valence-electron chi connectivity index (χ0n) is 12.8. The Morgan fingerprint density at radius 3 is 2.06 bits per heavy atom. The average Bonchev–Trinajstić information content (AvgIpc) is 2.31. The van der Waals surface area contributed by atoms with Gasteiger partial charge in [0.05, 0.1) is 0 Å². The van der Waals surface area contributed by atoms with E-state index in [9.17, 15) is 0 Å². The van der Waals surface area contributed by atoms with Gasteiger partial charge in [-0.3, -0.25) is 0 Å². The summed E-state index contributed by atoms with van der Waals surface area (Å²) in [5, 5.41) is 0. The van der Waals surface area contributed by atoms with Gasteiger partial charge in [0.1, 0.15) is 0 Å². The fraction of sp³-hybridized carbons (Fsp3) is 1.00. The second-order valence-corrected chi connectivity index (χ2v) is 7.58. The first kappa shape index (κ1) is 14.4. The number of nitrogens with two attached hydrogens (primary N) is 1. The molecule has 2 atom stereocenters. The Kier molecular flexibility index (Phi) is 4.75. The summed E-state index contributed by atoms with van der Waals surface area (Å²) in [6, 6.07) is 0. The molecule has 2 unspecified atom stereocenters. The zero-order chi connectivity index (χ0) is 13.2. The molecule has 0 radical (unpaired) electrons. The molecule has 0 amide bonds. The van der Waals surface area contributed by atoms with E-state index in [-0.39, 0.29) is 5.54 Å². The predicted molar refractivity (Wildman–Crippen MR) is 79.5 cm³/mol. The third kappa shape index (κ3) is 3.29. The van der Waals surface area contributed by atoms with Gasteiger partial charge in [-0.1, -0.05) is 33.6 Å². The van der Waals surface area contributed by atoms with Crippen LogP contribution in [0.1, 0.15) is 78.6 Å². The van der Waals surface area contributed by atoms with E-state index in [1.807, 2.05) is 0 Å². The molecule has 0 saturated heterocycles. The van der Waals surface area contributed by atoms with Crippen LogP contribution in [0.15, 0.2) is 0 Å². The molecule has 2 fully saturated rings. The van der Waals surface area contributed by atoms with Crippen LogP contribution in [-0.2, 0) is 0 Å². The Hall–Kier alpha value is -0.0400. The van der Waals surface area contributed by atoms with Crippen molar-refractivity contribution in [3.05, 3.63) is 0 Å². The minimum atomic E-state index is 0.188. The molecular formula is C17H33N. The van der Waals surface area contributed by atoms with E-state index in [2.05, 4.69) is 20.8 Å². The lowest BCUT2D eigenvalue weighted by Gasteiger charge is -2.47. The van der Waals surface area contributed by atoms with Crippen LogP contribution >= 0.6 is 0 Å². The van der Waals surface area contributed by atoms with E-state index in [0.717, 1.165) is 23.7 Å². The van der Waals surface area contributed by atoms with Crippen LogP contribution in [0.4, 0.5) is 0 Å². The number of hydrogen-bond acceptors (Lipinski definition) is 1. The summed E-state index contributed by atoms with van der Waals surface area (Å²) in [6.07, 6.45) is 12.3. The molecule has 1 nitrogen and oxygen atoms in total. The molecule has 2 aliphatic rings. The van der Waals surface area contributed by atoms with Crippen molar-refractivity contribution in [3.8, 4) is 0 Å². The van der Waals surface area contributed by atoms with Crippen LogP contribution in [0, 0.1) is 23.7 Å². The highest BCUT2D eigenvalue weighted by Gasteiger charge is 2.41. The van der Waals surface area contributed by atoms with Gasteiger partial charge in [0.25, 0.3) is 0 Å². The summed E-state index contributed by atoms with van der Waals surface area (Å²) in [5.74, 6) is 3.57. The van der Waals surface area contributed by atoms with Crippen molar-refractivity contribution in [1.82, 2.24) is 0 Å². The van der Waals surface area contributed by atoms with Crippen molar-refractivity contribution in [2.75, 3.05) is 0 Å². The van der Waals surface area contributed by atoms with E-state index in [1.165, 1.54) is 57.8 Å². The Morgan fingerprint density at radius 1 is 1.00 bits per heavy atom. The Bertz CT molecular complexity index is 242. The second kappa shape index (κ2) is 5.94. The lowest BCUT2D eigenvalue weighted by molar-refractivity contribution is 0.0883. The molecule has 0 aliphatic heterocycles. The van der Waals surface area contributed by atoms with Crippen LogP contribution in [0.5, 0.6) is 0 Å². The molecule has 2 saturated carbocycles. The van der Waals surface area contributed by atoms with Crippen LogP contribution in [0.2, 0.25) is 0 Å². The fourth-order valence-electron chi connectivity index (χ4n) is 4.74. The highest BCUT2D eigenvalue weighted by atomic mass is 14.8. The van der Waals surface area contributed by atoms with Gasteiger partial charge in [0, 0.05) is 5.54 Å². The smallest absolute Gasteiger partial charge is 0.0183 e. The molecule has 0 aromatic heterocycles. The van der Waals surface area contributed by atoms with Gasteiger partial charge in [-0.05, 0) is 68.6 Å². The monoisotopic (exact) mass is 251 g/mol. The third-order valence-electron chi connectivity index (χ3n) is 5.72. The van der Waals surface area contributed by atoms with Crippen molar-refractivity contribution in [3.63, 3.8) is 0 Å². The maximum Gasteiger partial charge on any atom is 0.0183 e. The van der Waals surface area contributed by atoms with Gasteiger partial charge < -0.3 is 5.73 Å². The highest BCUT2D eigenvalue weighted by molar-refractivity contribution is 4.97. The summed E-state index contributed by atoms with van der Waals surface area (Å²) in [4.78, 5) is 0. The SMILES string of the molecule is CCCC1CCC(N)(C2CC(C)CC(C)C2)CC1. The standard InChI is InChI=1S/C17H33N/c1-4-5-15-6-8-17(18,9-7-15)16-11-13(2)10-14(3)12-16/h13-16H,4-12,18H2,1-3H3. The predicted octanol–water partition coefficient (Wildman–Crippen LogP) is 4.75. The van der Waals surface area contributed by atoms with Crippen molar-refractivity contribution in [2.24, 2.45) is 29.4 Å². The largest absolute Gasteiger partial charge is 0.325 e. The van der Waals surface area contributed by atoms with Crippen LogP contribution < -0.4 is 5.73 Å². The van der Waals surface area contributed by atoms with Gasteiger partial charge >= 0.3 is 0 Å². The topological polar surface area (TPSA) is 26.0 Å². The minimum Gasteiger partial charge on any atom is -0.325 e. The Balaban J connectivity index is 1.91. The molecule has 0 aromatic carbocycles. The van der Waals surface area contributed by atoms with E-state index in [4.69, 9.17) is 5.73 Å². The molecular weight excluding hydrogens is 218 g/mol. The Labute approximate surface area is 114 Å². The van der Waals surface area contributed by atoms with Crippen LogP contribution in [0.3, 0.4) is 0 Å². The molecule has 2 aliphatic carbocycles. The number of rotatable bonds is 3. The fourth-order valence-corrected chi connectivity index (χ4v) is 4.74. The van der Waals surface area contributed by atoms with E-state index in [1.54, 1.807) is 0 Å². The van der Waals surface area contributed by atoms with E-state index < -0.39 is 0 Å². The van der Waals surface area contributed by atoms with Crippen LogP contribution in [0.25, 0.3) is 0 Å².